The van der Waals surface area contributed by atoms with Crippen LogP contribution in [0.5, 0.6) is 0 Å². The van der Waals surface area contributed by atoms with Crippen LogP contribution in [0.4, 0.5) is 0 Å². The number of rotatable bonds is 3. The van der Waals surface area contributed by atoms with E-state index in [4.69, 9.17) is 4.84 Å². The molecule has 0 saturated carbocycles. The van der Waals surface area contributed by atoms with Crippen LogP contribution in [-0.2, 0) is 6.61 Å². The molecule has 1 aromatic carbocycles. The predicted octanol–water partition coefficient (Wildman–Crippen LogP) is 0.165. The Labute approximate surface area is 90.9 Å². The average molecular weight is 218 g/mol. The molecule has 2 aromatic rings. The van der Waals surface area contributed by atoms with Gasteiger partial charge in [0.15, 0.2) is 0 Å². The lowest BCUT2D eigenvalue weighted by Gasteiger charge is -2.05. The van der Waals surface area contributed by atoms with Gasteiger partial charge in [-0.25, -0.2) is 4.79 Å². The quantitative estimate of drug-likeness (QED) is 0.798. The fourth-order valence-corrected chi connectivity index (χ4v) is 1.25. The van der Waals surface area contributed by atoms with E-state index in [9.17, 15) is 9.59 Å². The highest BCUT2D eigenvalue weighted by Crippen LogP contribution is 1.97. The van der Waals surface area contributed by atoms with Crippen molar-refractivity contribution < 1.29 is 4.84 Å². The van der Waals surface area contributed by atoms with Crippen molar-refractivity contribution in [1.82, 2.24) is 9.71 Å². The number of aromatic nitrogens is 2. The summed E-state index contributed by atoms with van der Waals surface area (Å²) >= 11 is 0. The highest BCUT2D eigenvalue weighted by atomic mass is 16.7. The molecule has 0 unspecified atom stereocenters. The lowest BCUT2D eigenvalue weighted by Crippen LogP contribution is -2.38. The minimum Gasteiger partial charge on any atom is -0.401 e. The Bertz CT molecular complexity index is 543. The van der Waals surface area contributed by atoms with Crippen LogP contribution in [0.25, 0.3) is 0 Å². The Kier molecular flexibility index (Phi) is 2.86. The minimum absolute atomic E-state index is 0.174. The molecule has 1 N–H and O–H groups in total. The van der Waals surface area contributed by atoms with Gasteiger partial charge in [-0.15, -0.1) is 0 Å². The zero-order chi connectivity index (χ0) is 11.4. The van der Waals surface area contributed by atoms with Crippen molar-refractivity contribution >= 4 is 0 Å². The van der Waals surface area contributed by atoms with E-state index >= 15 is 0 Å². The van der Waals surface area contributed by atoms with E-state index in [0.29, 0.717) is 4.73 Å². The van der Waals surface area contributed by atoms with E-state index in [1.807, 2.05) is 30.3 Å². The largest absolute Gasteiger partial charge is 0.401 e. The lowest BCUT2D eigenvalue weighted by molar-refractivity contribution is 0.0790. The Morgan fingerprint density at radius 2 is 1.88 bits per heavy atom. The van der Waals surface area contributed by atoms with Crippen LogP contribution >= 0.6 is 0 Å². The van der Waals surface area contributed by atoms with Crippen molar-refractivity contribution in [3.05, 3.63) is 69.0 Å². The number of aromatic amines is 1. The minimum atomic E-state index is -0.580. The maximum atomic E-state index is 11.3. The first-order valence-corrected chi connectivity index (χ1v) is 4.75. The summed E-state index contributed by atoms with van der Waals surface area (Å²) < 4.78 is 0.701. The topological polar surface area (TPSA) is 64.1 Å². The van der Waals surface area contributed by atoms with Gasteiger partial charge in [-0.05, 0) is 5.56 Å². The van der Waals surface area contributed by atoms with Crippen molar-refractivity contribution in [3.8, 4) is 0 Å². The van der Waals surface area contributed by atoms with Gasteiger partial charge in [0, 0.05) is 12.3 Å². The molecule has 1 heterocycles. The Morgan fingerprint density at radius 3 is 2.56 bits per heavy atom. The lowest BCUT2D eigenvalue weighted by atomic mass is 10.2. The molecule has 5 heteroatoms. The third-order valence-electron chi connectivity index (χ3n) is 2.02. The molecule has 5 nitrogen and oxygen atoms in total. The van der Waals surface area contributed by atoms with E-state index in [0.717, 1.165) is 5.56 Å². The molecular weight excluding hydrogens is 208 g/mol. The second-order valence-corrected chi connectivity index (χ2v) is 3.17. The Morgan fingerprint density at radius 1 is 1.12 bits per heavy atom. The normalized spacial score (nSPS) is 10.0. The summed E-state index contributed by atoms with van der Waals surface area (Å²) in [4.78, 5) is 30.0. The fraction of sp³-hybridized carbons (Fsp3) is 0.0909. The third-order valence-corrected chi connectivity index (χ3v) is 2.02. The molecule has 0 fully saturated rings. The molecule has 0 saturated heterocycles. The SMILES string of the molecule is O=c1cc[nH]c(=O)n1OCc1ccccc1. The smallest absolute Gasteiger partial charge is 0.361 e. The maximum Gasteiger partial charge on any atom is 0.361 e. The van der Waals surface area contributed by atoms with Crippen molar-refractivity contribution in [2.75, 3.05) is 0 Å². The van der Waals surface area contributed by atoms with E-state index < -0.39 is 11.2 Å². The molecule has 1 aromatic heterocycles. The van der Waals surface area contributed by atoms with Crippen LogP contribution in [-0.4, -0.2) is 9.71 Å². The molecule has 0 bridgehead atoms. The fourth-order valence-electron chi connectivity index (χ4n) is 1.25. The van der Waals surface area contributed by atoms with Crippen LogP contribution in [0.1, 0.15) is 5.56 Å². The highest BCUT2D eigenvalue weighted by molar-refractivity contribution is 5.13. The zero-order valence-corrected chi connectivity index (χ0v) is 8.42. The van der Waals surface area contributed by atoms with Gasteiger partial charge in [0.25, 0.3) is 5.56 Å². The first kappa shape index (κ1) is 10.2. The highest BCUT2D eigenvalue weighted by Gasteiger charge is 2.00. The molecule has 0 radical (unpaired) electrons. The van der Waals surface area contributed by atoms with Crippen molar-refractivity contribution in [3.63, 3.8) is 0 Å². The summed E-state index contributed by atoms with van der Waals surface area (Å²) in [6, 6.07) is 10.5. The van der Waals surface area contributed by atoms with Crippen molar-refractivity contribution in [2.24, 2.45) is 0 Å². The summed E-state index contributed by atoms with van der Waals surface area (Å²) in [5.74, 6) is 0. The second-order valence-electron chi connectivity index (χ2n) is 3.17. The first-order valence-electron chi connectivity index (χ1n) is 4.75. The van der Waals surface area contributed by atoms with E-state index in [2.05, 4.69) is 4.98 Å². The molecule has 0 amide bonds. The van der Waals surface area contributed by atoms with Crippen LogP contribution in [0.3, 0.4) is 0 Å². The predicted molar refractivity (Wildman–Crippen MR) is 58.0 cm³/mol. The molecule has 0 aliphatic heterocycles. The van der Waals surface area contributed by atoms with Gasteiger partial charge in [-0.2, -0.15) is 0 Å². The molecule has 0 atom stereocenters. The zero-order valence-electron chi connectivity index (χ0n) is 8.42. The number of nitrogens with zero attached hydrogens (tertiary/aromatic N) is 1. The van der Waals surface area contributed by atoms with Crippen LogP contribution in [0, 0.1) is 0 Å². The van der Waals surface area contributed by atoms with Gasteiger partial charge in [-0.1, -0.05) is 35.1 Å². The van der Waals surface area contributed by atoms with Crippen LogP contribution < -0.4 is 16.1 Å². The van der Waals surface area contributed by atoms with Gasteiger partial charge < -0.3 is 9.82 Å². The second kappa shape index (κ2) is 4.48. The summed E-state index contributed by atoms with van der Waals surface area (Å²) in [5, 5.41) is 0. The van der Waals surface area contributed by atoms with Gasteiger partial charge in [0.1, 0.15) is 6.61 Å². The van der Waals surface area contributed by atoms with Gasteiger partial charge >= 0.3 is 5.69 Å². The molecule has 0 aliphatic rings. The number of hydrogen-bond donors (Lipinski definition) is 1. The molecule has 82 valence electrons. The summed E-state index contributed by atoms with van der Waals surface area (Å²) in [6.07, 6.45) is 1.28. The summed E-state index contributed by atoms with van der Waals surface area (Å²) in [6.45, 7) is 0.174. The molecular formula is C11H10N2O3. The number of nitrogens with one attached hydrogen (secondary N) is 1. The van der Waals surface area contributed by atoms with E-state index in [-0.39, 0.29) is 6.61 Å². The summed E-state index contributed by atoms with van der Waals surface area (Å²) in [7, 11) is 0. The summed E-state index contributed by atoms with van der Waals surface area (Å²) in [5.41, 5.74) is -0.180. The Balaban J connectivity index is 2.17. The third kappa shape index (κ3) is 2.20. The number of H-pyrrole nitrogens is 1. The maximum absolute atomic E-state index is 11.3. The van der Waals surface area contributed by atoms with Crippen molar-refractivity contribution in [2.45, 2.75) is 6.61 Å². The Hall–Kier alpha value is -2.30. The van der Waals surface area contributed by atoms with Crippen LogP contribution in [0.2, 0.25) is 0 Å². The van der Waals surface area contributed by atoms with Crippen molar-refractivity contribution in [1.29, 1.82) is 0 Å². The van der Waals surface area contributed by atoms with Gasteiger partial charge in [-0.3, -0.25) is 4.79 Å². The van der Waals surface area contributed by atoms with E-state index in [1.54, 1.807) is 0 Å². The number of hydrogen-bond acceptors (Lipinski definition) is 3. The monoisotopic (exact) mass is 218 g/mol. The molecule has 0 spiro atoms. The molecule has 2 rings (SSSR count). The van der Waals surface area contributed by atoms with E-state index in [1.165, 1.54) is 12.3 Å². The molecule has 0 aliphatic carbocycles. The first-order chi connectivity index (χ1) is 7.77. The van der Waals surface area contributed by atoms with Gasteiger partial charge in [0.05, 0.1) is 0 Å². The van der Waals surface area contributed by atoms with Gasteiger partial charge in [0.2, 0.25) is 0 Å². The average Bonchev–Trinajstić information content (AvgIpc) is 2.30. The molecule has 16 heavy (non-hydrogen) atoms. The number of benzene rings is 1. The van der Waals surface area contributed by atoms with Crippen LogP contribution in [0.15, 0.2) is 52.2 Å². The standard InChI is InChI=1S/C11H10N2O3/c14-10-6-7-12-11(15)13(10)16-8-9-4-2-1-3-5-9/h1-7H,8H2,(H,12,15).